The number of rotatable bonds is 0. The molecule has 1 aliphatic rings. The Bertz CT molecular complexity index is 353. The third-order valence-corrected chi connectivity index (χ3v) is 2.24. The van der Waals surface area contributed by atoms with Gasteiger partial charge in [0, 0.05) is 5.56 Å². The highest BCUT2D eigenvalue weighted by molar-refractivity contribution is 5.46. The van der Waals surface area contributed by atoms with Gasteiger partial charge in [0.05, 0.1) is 6.07 Å². The molecule has 0 aliphatic carbocycles. The van der Waals surface area contributed by atoms with Crippen molar-refractivity contribution in [3.05, 3.63) is 29.8 Å². The Morgan fingerprint density at radius 1 is 1.50 bits per heavy atom. The average Bonchev–Trinajstić information content (AvgIpc) is 2.46. The van der Waals surface area contributed by atoms with E-state index >= 15 is 0 Å². The molecule has 0 saturated carbocycles. The number of para-hydroxylation sites is 1. The fourth-order valence-corrected chi connectivity index (χ4v) is 1.44. The van der Waals surface area contributed by atoms with Crippen molar-refractivity contribution in [2.45, 2.75) is 12.3 Å². The number of hydrogen-bond acceptors (Lipinski definition) is 2. The summed E-state index contributed by atoms with van der Waals surface area (Å²) in [5.41, 5.74) is 0.559. The van der Waals surface area contributed by atoms with Gasteiger partial charge in [-0.25, -0.2) is 0 Å². The topological polar surface area (TPSA) is 33.0 Å². The Balaban J connectivity index is 2.58. The average molecular weight is 159 g/mol. The highest BCUT2D eigenvalue weighted by Crippen LogP contribution is 2.37. The van der Waals surface area contributed by atoms with E-state index in [4.69, 9.17) is 10.00 Å². The summed E-state index contributed by atoms with van der Waals surface area (Å²) in [7, 11) is 0. The van der Waals surface area contributed by atoms with E-state index in [9.17, 15) is 0 Å². The highest BCUT2D eigenvalue weighted by atomic mass is 16.5. The molecule has 1 atom stereocenters. The lowest BCUT2D eigenvalue weighted by molar-refractivity contribution is 0.310. The van der Waals surface area contributed by atoms with E-state index in [-0.39, 0.29) is 0 Å². The Hall–Kier alpha value is -1.49. The molecule has 2 heteroatoms. The molecule has 2 nitrogen and oxygen atoms in total. The number of hydrogen-bond donors (Lipinski definition) is 0. The molecule has 12 heavy (non-hydrogen) atoms. The van der Waals surface area contributed by atoms with Crippen LogP contribution in [0.25, 0.3) is 0 Å². The minimum absolute atomic E-state index is 0.448. The van der Waals surface area contributed by atoms with Crippen LogP contribution in [-0.2, 0) is 5.41 Å². The summed E-state index contributed by atoms with van der Waals surface area (Å²) in [6.07, 6.45) is 0. The fraction of sp³-hybridized carbons (Fsp3) is 0.300. The van der Waals surface area contributed by atoms with Crippen LogP contribution in [0.4, 0.5) is 0 Å². The van der Waals surface area contributed by atoms with Gasteiger partial charge in [0.2, 0.25) is 0 Å². The van der Waals surface area contributed by atoms with Gasteiger partial charge >= 0.3 is 0 Å². The molecule has 2 rings (SSSR count). The second kappa shape index (κ2) is 2.25. The minimum atomic E-state index is -0.448. The lowest BCUT2D eigenvalue weighted by Crippen LogP contribution is -2.20. The van der Waals surface area contributed by atoms with Crippen molar-refractivity contribution < 1.29 is 4.74 Å². The van der Waals surface area contributed by atoms with Crippen LogP contribution in [0.5, 0.6) is 5.75 Å². The molecule has 0 fully saturated rings. The summed E-state index contributed by atoms with van der Waals surface area (Å²) >= 11 is 0. The number of nitrogens with zero attached hydrogens (tertiary/aromatic N) is 1. The van der Waals surface area contributed by atoms with E-state index < -0.39 is 5.41 Å². The molecule has 0 aromatic heterocycles. The van der Waals surface area contributed by atoms with Crippen molar-refractivity contribution in [1.29, 1.82) is 5.26 Å². The Kier molecular flexibility index (Phi) is 1.34. The van der Waals surface area contributed by atoms with Gasteiger partial charge < -0.3 is 4.74 Å². The SMILES string of the molecule is CC1(C#N)COc2ccccc21. The van der Waals surface area contributed by atoms with Gasteiger partial charge in [-0.15, -0.1) is 0 Å². The first-order valence-corrected chi connectivity index (χ1v) is 3.90. The van der Waals surface area contributed by atoms with Crippen LogP contribution in [0.2, 0.25) is 0 Å². The lowest BCUT2D eigenvalue weighted by Gasteiger charge is -2.10. The molecule has 1 heterocycles. The van der Waals surface area contributed by atoms with Gasteiger partial charge in [0.15, 0.2) is 0 Å². The second-order valence-corrected chi connectivity index (χ2v) is 3.23. The normalized spacial score (nSPS) is 25.7. The molecular formula is C10H9NO. The Morgan fingerprint density at radius 3 is 3.00 bits per heavy atom. The van der Waals surface area contributed by atoms with Crippen LogP contribution >= 0.6 is 0 Å². The monoisotopic (exact) mass is 159 g/mol. The first-order valence-electron chi connectivity index (χ1n) is 3.90. The quantitative estimate of drug-likeness (QED) is 0.578. The van der Waals surface area contributed by atoms with Crippen LogP contribution in [0.15, 0.2) is 24.3 Å². The van der Waals surface area contributed by atoms with E-state index in [1.54, 1.807) is 0 Å². The summed E-state index contributed by atoms with van der Waals surface area (Å²) in [4.78, 5) is 0. The van der Waals surface area contributed by atoms with Crippen molar-refractivity contribution in [2.24, 2.45) is 0 Å². The molecule has 1 aromatic carbocycles. The molecule has 0 radical (unpaired) electrons. The molecule has 0 amide bonds. The molecule has 0 spiro atoms. The summed E-state index contributed by atoms with van der Waals surface area (Å²) in [6, 6.07) is 9.97. The largest absolute Gasteiger partial charge is 0.491 e. The molecule has 0 bridgehead atoms. The second-order valence-electron chi connectivity index (χ2n) is 3.23. The molecule has 1 aliphatic heterocycles. The highest BCUT2D eigenvalue weighted by Gasteiger charge is 2.35. The van der Waals surface area contributed by atoms with Gasteiger partial charge in [-0.05, 0) is 13.0 Å². The van der Waals surface area contributed by atoms with Crippen molar-refractivity contribution >= 4 is 0 Å². The smallest absolute Gasteiger partial charge is 0.124 e. The molecule has 1 unspecified atom stereocenters. The molecule has 1 aromatic rings. The molecule has 0 N–H and O–H groups in total. The zero-order chi connectivity index (χ0) is 8.60. The van der Waals surface area contributed by atoms with Crippen molar-refractivity contribution in [3.63, 3.8) is 0 Å². The summed E-state index contributed by atoms with van der Waals surface area (Å²) in [5.74, 6) is 0.849. The fourth-order valence-electron chi connectivity index (χ4n) is 1.44. The Labute approximate surface area is 71.4 Å². The van der Waals surface area contributed by atoms with Crippen LogP contribution in [-0.4, -0.2) is 6.61 Å². The van der Waals surface area contributed by atoms with Gasteiger partial charge in [0.1, 0.15) is 17.8 Å². The maximum atomic E-state index is 8.94. The van der Waals surface area contributed by atoms with Gasteiger partial charge in [-0.1, -0.05) is 18.2 Å². The maximum Gasteiger partial charge on any atom is 0.124 e. The Morgan fingerprint density at radius 2 is 2.25 bits per heavy atom. The van der Waals surface area contributed by atoms with Crippen molar-refractivity contribution in [2.75, 3.05) is 6.61 Å². The maximum absolute atomic E-state index is 8.94. The first kappa shape index (κ1) is 7.17. The number of ether oxygens (including phenoxy) is 1. The lowest BCUT2D eigenvalue weighted by atomic mass is 9.86. The third-order valence-electron chi connectivity index (χ3n) is 2.24. The van der Waals surface area contributed by atoms with Crippen LogP contribution in [0.1, 0.15) is 12.5 Å². The number of nitriles is 1. The summed E-state index contributed by atoms with van der Waals surface area (Å²) in [6.45, 7) is 2.38. The first-order chi connectivity index (χ1) is 5.76. The van der Waals surface area contributed by atoms with Gasteiger partial charge in [-0.3, -0.25) is 0 Å². The van der Waals surface area contributed by atoms with Crippen LogP contribution in [0.3, 0.4) is 0 Å². The zero-order valence-corrected chi connectivity index (χ0v) is 6.87. The van der Waals surface area contributed by atoms with Gasteiger partial charge in [-0.2, -0.15) is 5.26 Å². The number of benzene rings is 1. The minimum Gasteiger partial charge on any atom is -0.491 e. The van der Waals surface area contributed by atoms with E-state index in [1.165, 1.54) is 0 Å². The summed E-state index contributed by atoms with van der Waals surface area (Å²) < 4.78 is 5.38. The van der Waals surface area contributed by atoms with E-state index in [1.807, 2.05) is 31.2 Å². The van der Waals surface area contributed by atoms with Crippen LogP contribution in [0, 0.1) is 11.3 Å². The third kappa shape index (κ3) is 0.799. The van der Waals surface area contributed by atoms with Crippen LogP contribution < -0.4 is 4.74 Å². The zero-order valence-electron chi connectivity index (χ0n) is 6.87. The summed E-state index contributed by atoms with van der Waals surface area (Å²) in [5, 5.41) is 8.94. The van der Waals surface area contributed by atoms with Gasteiger partial charge in [0.25, 0.3) is 0 Å². The predicted octanol–water partition coefficient (Wildman–Crippen LogP) is 1.86. The van der Waals surface area contributed by atoms with Crippen molar-refractivity contribution in [3.8, 4) is 11.8 Å². The van der Waals surface area contributed by atoms with E-state index in [0.29, 0.717) is 6.61 Å². The predicted molar refractivity (Wildman–Crippen MR) is 44.9 cm³/mol. The molecular weight excluding hydrogens is 150 g/mol. The molecule has 60 valence electrons. The van der Waals surface area contributed by atoms with Crippen molar-refractivity contribution in [1.82, 2.24) is 0 Å². The number of fused-ring (bicyclic) bond motifs is 1. The standard InChI is InChI=1S/C10H9NO/c1-10(6-11)7-12-9-5-3-2-4-8(9)10/h2-5H,7H2,1H3. The van der Waals surface area contributed by atoms with E-state index in [0.717, 1.165) is 11.3 Å². The molecule has 0 saturated heterocycles. The van der Waals surface area contributed by atoms with E-state index in [2.05, 4.69) is 6.07 Å².